The van der Waals surface area contributed by atoms with Crippen LogP contribution in [0, 0.1) is 11.8 Å². The summed E-state index contributed by atoms with van der Waals surface area (Å²) in [6.45, 7) is 5.48. The van der Waals surface area contributed by atoms with Crippen LogP contribution < -0.4 is 37.6 Å². The number of β-amino-alcohol motifs (C(OH)–C–C–N with tert-alkyl or cyclic N) is 1. The number of nitrogens with zero attached hydrogens (tertiary/aromatic N) is 1. The summed E-state index contributed by atoms with van der Waals surface area (Å²) in [6, 6.07) is -0.413. The van der Waals surface area contributed by atoms with Gasteiger partial charge in [-0.2, -0.15) is 12.6 Å². The first-order chi connectivity index (χ1) is 28.8. The maximum atomic E-state index is 13.5. The van der Waals surface area contributed by atoms with Gasteiger partial charge in [0.15, 0.2) is 0 Å². The standard InChI is InChI=1S/C39H57N9O12S/c1-5-19(3)32(40)36(56)45-25(11-21-14-41-24-10-8-7-9-23(21)24)34(54)42-16-30(51)47-33(20(4)6-2)37(57)43-15-29(50)44-27(18-61)35(55)46-26(13-31(52)53)38(58)48-17-22(49)12-28(48)39(59)60/h7-10,14,19-20,22,25-28,32-33,41,49,61H,5-6,11-13,15-18,40H2,1-4H3,(H,42,54)(H,43,57)(H,44,50)(H,45,56)(H,46,55)(H,47,51)(H,52,53)(H,59,60)/t19-,20-,22+,25-,26-,27-,28-,32-,33-/m0/s1. The summed E-state index contributed by atoms with van der Waals surface area (Å²) in [5.74, 6) is -9.62. The predicted molar refractivity (Wildman–Crippen MR) is 222 cm³/mol. The lowest BCUT2D eigenvalue weighted by molar-refractivity contribution is -0.150. The van der Waals surface area contributed by atoms with Crippen molar-refractivity contribution in [3.05, 3.63) is 36.0 Å². The molecule has 1 aromatic carbocycles. The smallest absolute Gasteiger partial charge is 0.326 e. The van der Waals surface area contributed by atoms with E-state index in [0.29, 0.717) is 12.8 Å². The van der Waals surface area contributed by atoms with Gasteiger partial charge in [0.1, 0.15) is 30.2 Å². The van der Waals surface area contributed by atoms with E-state index in [9.17, 15) is 58.5 Å². The van der Waals surface area contributed by atoms with Crippen LogP contribution in [-0.2, 0) is 49.6 Å². The average molecular weight is 876 g/mol. The predicted octanol–water partition coefficient (Wildman–Crippen LogP) is -2.25. The van der Waals surface area contributed by atoms with Gasteiger partial charge in [0.2, 0.25) is 41.4 Å². The number of carboxylic acids is 2. The Bertz CT molecular complexity index is 1930. The first-order valence-electron chi connectivity index (χ1n) is 19.9. The Balaban J connectivity index is 1.61. The van der Waals surface area contributed by atoms with Gasteiger partial charge in [0.05, 0.1) is 31.7 Å². The topological polar surface area (TPSA) is 332 Å². The lowest BCUT2D eigenvalue weighted by Crippen LogP contribution is -2.58. The lowest BCUT2D eigenvalue weighted by Gasteiger charge is -2.27. The molecule has 1 aromatic heterocycles. The largest absolute Gasteiger partial charge is 0.481 e. The van der Waals surface area contributed by atoms with Crippen molar-refractivity contribution in [1.82, 2.24) is 41.8 Å². The number of carboxylic acid groups (broad SMARTS) is 2. The van der Waals surface area contributed by atoms with Gasteiger partial charge in [-0.15, -0.1) is 0 Å². The van der Waals surface area contributed by atoms with Crippen LogP contribution in [-0.4, -0.2) is 146 Å². The third kappa shape index (κ3) is 14.2. The fourth-order valence-corrected chi connectivity index (χ4v) is 6.84. The molecule has 22 heteroatoms. The number of para-hydroxylation sites is 1. The second-order valence-electron chi connectivity index (χ2n) is 15.1. The Morgan fingerprint density at radius 3 is 2.03 bits per heavy atom. The quantitative estimate of drug-likeness (QED) is 0.0526. The number of thiol groups is 1. The van der Waals surface area contributed by atoms with Gasteiger partial charge in [-0.05, 0) is 23.5 Å². The third-order valence-corrected chi connectivity index (χ3v) is 11.0. The molecule has 1 fully saturated rings. The number of likely N-dealkylation sites (tertiary alicyclic amines) is 1. The summed E-state index contributed by atoms with van der Waals surface area (Å²) in [4.78, 5) is 119. The van der Waals surface area contributed by atoms with E-state index in [4.69, 9.17) is 5.73 Å². The number of aromatic amines is 1. The van der Waals surface area contributed by atoms with Gasteiger partial charge in [-0.25, -0.2) is 4.79 Å². The summed E-state index contributed by atoms with van der Waals surface area (Å²) in [5, 5.41) is 44.3. The van der Waals surface area contributed by atoms with Crippen LogP contribution in [0.4, 0.5) is 0 Å². The molecule has 7 amide bonds. The number of carbonyl (C=O) groups excluding carboxylic acids is 7. The third-order valence-electron chi connectivity index (χ3n) is 10.6. The zero-order valence-corrected chi connectivity index (χ0v) is 35.3. The number of nitrogens with two attached hydrogens (primary N) is 1. The molecule has 1 aliphatic rings. The molecule has 0 radical (unpaired) electrons. The number of aliphatic carboxylic acids is 2. The first kappa shape index (κ1) is 49.6. The molecule has 0 saturated carbocycles. The maximum Gasteiger partial charge on any atom is 0.326 e. The summed E-state index contributed by atoms with van der Waals surface area (Å²) >= 11 is 4.06. The molecular weight excluding hydrogens is 819 g/mol. The number of hydrogen-bond donors (Lipinski definition) is 12. The number of aliphatic hydroxyl groups excluding tert-OH is 1. The van der Waals surface area contributed by atoms with E-state index in [2.05, 4.69) is 49.5 Å². The zero-order valence-electron chi connectivity index (χ0n) is 34.4. The van der Waals surface area contributed by atoms with Gasteiger partial charge in [-0.1, -0.05) is 58.7 Å². The molecule has 1 saturated heterocycles. The van der Waals surface area contributed by atoms with Gasteiger partial charge in [0, 0.05) is 42.2 Å². The van der Waals surface area contributed by atoms with Gasteiger partial charge < -0.3 is 62.8 Å². The number of rotatable bonds is 23. The highest BCUT2D eigenvalue weighted by molar-refractivity contribution is 7.80. The number of H-pyrrole nitrogens is 1. The summed E-state index contributed by atoms with van der Waals surface area (Å²) in [5.41, 5.74) is 7.71. The molecule has 1 aliphatic heterocycles. The number of hydrogen-bond acceptors (Lipinski definition) is 12. The lowest BCUT2D eigenvalue weighted by atomic mass is 9.98. The van der Waals surface area contributed by atoms with E-state index >= 15 is 0 Å². The molecule has 9 atom stereocenters. The number of benzene rings is 1. The normalized spacial score (nSPS) is 18.3. The highest BCUT2D eigenvalue weighted by atomic mass is 32.1. The molecule has 2 heterocycles. The number of nitrogens with one attached hydrogen (secondary N) is 7. The number of aromatic nitrogens is 1. The Morgan fingerprint density at radius 1 is 0.820 bits per heavy atom. The molecule has 0 unspecified atom stereocenters. The zero-order chi connectivity index (χ0) is 45.6. The first-order valence-corrected chi connectivity index (χ1v) is 20.5. The summed E-state index contributed by atoms with van der Waals surface area (Å²) in [7, 11) is 0. The monoisotopic (exact) mass is 875 g/mol. The van der Waals surface area contributed by atoms with Crippen molar-refractivity contribution < 1.29 is 58.5 Å². The van der Waals surface area contributed by atoms with Crippen molar-refractivity contribution in [1.29, 1.82) is 0 Å². The summed E-state index contributed by atoms with van der Waals surface area (Å²) in [6.07, 6.45) is 0.427. The number of carbonyl (C=O) groups is 9. The molecular formula is C39H57N9O12S. The summed E-state index contributed by atoms with van der Waals surface area (Å²) < 4.78 is 0. The van der Waals surface area contributed by atoms with E-state index < -0.39 is 128 Å². The Hall–Kier alpha value is -5.74. The molecule has 12 N–H and O–H groups in total. The van der Waals surface area contributed by atoms with Crippen LogP contribution in [0.15, 0.2) is 30.5 Å². The van der Waals surface area contributed by atoms with E-state index in [1.165, 1.54) is 0 Å². The molecule has 3 rings (SSSR count). The Kier molecular flexibility index (Phi) is 19.0. The van der Waals surface area contributed by atoms with Crippen LogP contribution >= 0.6 is 12.6 Å². The van der Waals surface area contributed by atoms with Crippen molar-refractivity contribution in [3.63, 3.8) is 0 Å². The van der Waals surface area contributed by atoms with Crippen molar-refractivity contribution >= 4 is 76.8 Å². The molecule has 0 spiro atoms. The molecule has 61 heavy (non-hydrogen) atoms. The van der Waals surface area contributed by atoms with Crippen LogP contribution in [0.3, 0.4) is 0 Å². The van der Waals surface area contributed by atoms with Gasteiger partial charge >= 0.3 is 11.9 Å². The Labute approximate surface area is 357 Å². The fraction of sp³-hybridized carbons (Fsp3) is 0.564. The number of fused-ring (bicyclic) bond motifs is 1. The second-order valence-corrected chi connectivity index (χ2v) is 15.5. The minimum absolute atomic E-state index is 0.0734. The highest BCUT2D eigenvalue weighted by Gasteiger charge is 2.42. The van der Waals surface area contributed by atoms with Crippen molar-refractivity contribution in [2.75, 3.05) is 25.4 Å². The van der Waals surface area contributed by atoms with Crippen LogP contribution in [0.5, 0.6) is 0 Å². The van der Waals surface area contributed by atoms with E-state index in [-0.39, 0.29) is 24.5 Å². The Morgan fingerprint density at radius 2 is 1.43 bits per heavy atom. The van der Waals surface area contributed by atoms with Crippen molar-refractivity contribution in [3.8, 4) is 0 Å². The van der Waals surface area contributed by atoms with Gasteiger partial charge in [0.25, 0.3) is 0 Å². The molecule has 2 aromatic rings. The minimum Gasteiger partial charge on any atom is -0.481 e. The number of amides is 7. The molecule has 21 nitrogen and oxygen atoms in total. The van der Waals surface area contributed by atoms with Crippen LogP contribution in [0.1, 0.15) is 58.9 Å². The van der Waals surface area contributed by atoms with E-state index in [1.807, 2.05) is 38.1 Å². The maximum absolute atomic E-state index is 13.5. The second kappa shape index (κ2) is 23.3. The van der Waals surface area contributed by atoms with Crippen molar-refractivity contribution in [2.24, 2.45) is 17.6 Å². The molecule has 336 valence electrons. The van der Waals surface area contributed by atoms with E-state index in [1.54, 1.807) is 20.0 Å². The minimum atomic E-state index is -1.75. The highest BCUT2D eigenvalue weighted by Crippen LogP contribution is 2.21. The molecule has 0 bridgehead atoms. The van der Waals surface area contributed by atoms with Crippen LogP contribution in [0.25, 0.3) is 10.9 Å². The van der Waals surface area contributed by atoms with Crippen molar-refractivity contribution in [2.45, 2.75) is 102 Å². The fourth-order valence-electron chi connectivity index (χ4n) is 6.58. The molecule has 0 aliphatic carbocycles. The van der Waals surface area contributed by atoms with Crippen LogP contribution in [0.2, 0.25) is 0 Å². The van der Waals surface area contributed by atoms with E-state index in [0.717, 1.165) is 21.4 Å². The SMILES string of the molecule is CC[C@H](C)[C@H](N)C(=O)N[C@@H](Cc1c[nH]c2ccccc12)C(=O)NCC(=O)N[C@H](C(=O)NCC(=O)N[C@@H](CS)C(=O)N[C@@H](CC(=O)O)C(=O)N1C[C@H](O)C[C@H]1C(=O)O)[C@@H](C)CC. The van der Waals surface area contributed by atoms with Gasteiger partial charge in [-0.3, -0.25) is 38.4 Å². The average Bonchev–Trinajstić information content (AvgIpc) is 3.84. The number of aliphatic hydroxyl groups is 1.